The van der Waals surface area contributed by atoms with Crippen molar-refractivity contribution in [1.29, 1.82) is 0 Å². The number of hydrogen-bond donors (Lipinski definition) is 2. The number of pyridine rings is 2. The zero-order valence-electron chi connectivity index (χ0n) is 11.9. The van der Waals surface area contributed by atoms with Crippen LogP contribution < -0.4 is 10.6 Å². The maximum absolute atomic E-state index is 12.3. The molecule has 2 N–H and O–H groups in total. The zero-order chi connectivity index (χ0) is 14.5. The number of nitrogens with zero attached hydrogens (tertiary/aromatic N) is 2. The van der Waals surface area contributed by atoms with Crippen LogP contribution in [0.1, 0.15) is 28.7 Å². The molecule has 0 spiro atoms. The van der Waals surface area contributed by atoms with Crippen molar-refractivity contribution in [2.45, 2.75) is 20.3 Å². The smallest absolute Gasteiger partial charge is 0.255 e. The second-order valence-corrected chi connectivity index (χ2v) is 4.48. The molecule has 1 amide bonds. The Bertz CT molecular complexity index is 603. The summed E-state index contributed by atoms with van der Waals surface area (Å²) in [5.74, 6) is 0.546. The Morgan fingerprint density at radius 3 is 2.75 bits per heavy atom. The minimum Gasteiger partial charge on any atom is -0.373 e. The minimum absolute atomic E-state index is 0.149. The van der Waals surface area contributed by atoms with Gasteiger partial charge in [-0.3, -0.25) is 9.78 Å². The first kappa shape index (κ1) is 14.0. The number of carbonyl (C=O) groups excluding carboxylic acids is 1. The first-order valence-corrected chi connectivity index (χ1v) is 6.55. The second kappa shape index (κ2) is 6.14. The van der Waals surface area contributed by atoms with Gasteiger partial charge in [-0.25, -0.2) is 4.98 Å². The van der Waals surface area contributed by atoms with E-state index >= 15 is 0 Å². The highest BCUT2D eigenvalue weighted by Gasteiger charge is 2.09. The van der Waals surface area contributed by atoms with Crippen molar-refractivity contribution in [3.8, 4) is 0 Å². The molecular formula is C15H18N4O. The largest absolute Gasteiger partial charge is 0.373 e. The zero-order valence-corrected chi connectivity index (χ0v) is 11.9. The number of hydrogen-bond acceptors (Lipinski definition) is 4. The molecule has 5 heteroatoms. The Morgan fingerprint density at radius 2 is 2.10 bits per heavy atom. The molecule has 0 aromatic carbocycles. The van der Waals surface area contributed by atoms with Crippen LogP contribution in [0.4, 0.5) is 11.5 Å². The number of rotatable bonds is 4. The van der Waals surface area contributed by atoms with Gasteiger partial charge >= 0.3 is 0 Å². The molecule has 0 unspecified atom stereocenters. The predicted octanol–water partition coefficient (Wildman–Crippen LogP) is 2.64. The van der Waals surface area contributed by atoms with Crippen molar-refractivity contribution in [1.82, 2.24) is 9.97 Å². The van der Waals surface area contributed by atoms with Crippen molar-refractivity contribution in [3.05, 3.63) is 47.4 Å². The first-order chi connectivity index (χ1) is 9.62. The molecule has 0 saturated heterocycles. The Hall–Kier alpha value is -2.43. The normalized spacial score (nSPS) is 10.2. The average Bonchev–Trinajstić information content (AvgIpc) is 2.46. The molecule has 0 atom stereocenters. The summed E-state index contributed by atoms with van der Waals surface area (Å²) in [4.78, 5) is 20.8. The third kappa shape index (κ3) is 3.32. The van der Waals surface area contributed by atoms with Gasteiger partial charge in [0.25, 0.3) is 5.91 Å². The van der Waals surface area contributed by atoms with Crippen molar-refractivity contribution in [2.75, 3.05) is 17.7 Å². The predicted molar refractivity (Wildman–Crippen MR) is 80.1 cm³/mol. The van der Waals surface area contributed by atoms with Gasteiger partial charge in [-0.05, 0) is 37.6 Å². The fourth-order valence-corrected chi connectivity index (χ4v) is 1.85. The highest BCUT2D eigenvalue weighted by molar-refractivity contribution is 6.04. The molecule has 104 valence electrons. The van der Waals surface area contributed by atoms with Crippen LogP contribution in [-0.4, -0.2) is 22.9 Å². The molecule has 0 fully saturated rings. The van der Waals surface area contributed by atoms with Crippen LogP contribution in [-0.2, 0) is 6.42 Å². The highest BCUT2D eigenvalue weighted by atomic mass is 16.1. The molecule has 0 aliphatic rings. The number of amides is 1. The SMILES string of the molecule is CCc1cc(C(=O)Nc2ccnc(C)c2)cc(NC)n1. The quantitative estimate of drug-likeness (QED) is 0.896. The molecular weight excluding hydrogens is 252 g/mol. The van der Waals surface area contributed by atoms with Crippen LogP contribution in [0.5, 0.6) is 0 Å². The van der Waals surface area contributed by atoms with Gasteiger partial charge in [0.05, 0.1) is 0 Å². The molecule has 2 heterocycles. The van der Waals surface area contributed by atoms with E-state index in [0.717, 1.165) is 23.5 Å². The van der Waals surface area contributed by atoms with Crippen LogP contribution in [0.25, 0.3) is 0 Å². The van der Waals surface area contributed by atoms with Crippen molar-refractivity contribution >= 4 is 17.4 Å². The highest BCUT2D eigenvalue weighted by Crippen LogP contribution is 2.14. The number of nitrogens with one attached hydrogen (secondary N) is 2. The molecule has 5 nitrogen and oxygen atoms in total. The van der Waals surface area contributed by atoms with E-state index in [9.17, 15) is 4.79 Å². The lowest BCUT2D eigenvalue weighted by atomic mass is 10.1. The van der Waals surface area contributed by atoms with E-state index in [1.165, 1.54) is 0 Å². The van der Waals surface area contributed by atoms with E-state index < -0.39 is 0 Å². The van der Waals surface area contributed by atoms with Crippen LogP contribution in [0.2, 0.25) is 0 Å². The number of aryl methyl sites for hydroxylation is 2. The Balaban J connectivity index is 2.24. The summed E-state index contributed by atoms with van der Waals surface area (Å²) in [6, 6.07) is 7.15. The van der Waals surface area contributed by atoms with Gasteiger partial charge in [-0.1, -0.05) is 6.92 Å². The molecule has 2 rings (SSSR count). The van der Waals surface area contributed by atoms with Gasteiger partial charge in [0.2, 0.25) is 0 Å². The van der Waals surface area contributed by atoms with Crippen molar-refractivity contribution in [2.24, 2.45) is 0 Å². The lowest BCUT2D eigenvalue weighted by Crippen LogP contribution is -2.13. The van der Waals surface area contributed by atoms with E-state index in [1.54, 1.807) is 25.4 Å². The van der Waals surface area contributed by atoms with Gasteiger partial charge in [-0.15, -0.1) is 0 Å². The van der Waals surface area contributed by atoms with Gasteiger partial charge in [0.1, 0.15) is 5.82 Å². The van der Waals surface area contributed by atoms with Crippen LogP contribution in [0, 0.1) is 6.92 Å². The summed E-state index contributed by atoms with van der Waals surface area (Å²) in [7, 11) is 1.79. The van der Waals surface area contributed by atoms with E-state index in [-0.39, 0.29) is 5.91 Å². The fourth-order valence-electron chi connectivity index (χ4n) is 1.85. The van der Waals surface area contributed by atoms with Crippen LogP contribution in [0.3, 0.4) is 0 Å². The molecule has 0 bridgehead atoms. The Kier molecular flexibility index (Phi) is 4.30. The third-order valence-electron chi connectivity index (χ3n) is 2.91. The molecule has 0 aliphatic carbocycles. The van der Waals surface area contributed by atoms with Gasteiger partial charge in [-0.2, -0.15) is 0 Å². The number of carbonyl (C=O) groups is 1. The standard InChI is InChI=1S/C15H18N4O/c1-4-12-8-11(9-14(16-3)18-12)15(20)19-13-5-6-17-10(2)7-13/h5-9H,4H2,1-3H3,(H,16,18)(H,17,19,20). The van der Waals surface area contributed by atoms with Gasteiger partial charge in [0, 0.05) is 35.9 Å². The monoisotopic (exact) mass is 270 g/mol. The van der Waals surface area contributed by atoms with E-state index in [1.807, 2.05) is 26.0 Å². The van der Waals surface area contributed by atoms with Crippen LogP contribution in [0.15, 0.2) is 30.5 Å². The lowest BCUT2D eigenvalue weighted by Gasteiger charge is -2.09. The van der Waals surface area contributed by atoms with Gasteiger partial charge < -0.3 is 10.6 Å². The van der Waals surface area contributed by atoms with Crippen molar-refractivity contribution < 1.29 is 4.79 Å². The maximum Gasteiger partial charge on any atom is 0.255 e. The maximum atomic E-state index is 12.3. The lowest BCUT2D eigenvalue weighted by molar-refractivity contribution is 0.102. The Morgan fingerprint density at radius 1 is 1.30 bits per heavy atom. The number of aromatic nitrogens is 2. The fraction of sp³-hybridized carbons (Fsp3) is 0.267. The second-order valence-electron chi connectivity index (χ2n) is 4.48. The molecule has 2 aromatic heterocycles. The summed E-state index contributed by atoms with van der Waals surface area (Å²) in [5.41, 5.74) is 3.08. The summed E-state index contributed by atoms with van der Waals surface area (Å²) in [6.07, 6.45) is 2.46. The third-order valence-corrected chi connectivity index (χ3v) is 2.91. The molecule has 0 radical (unpaired) electrons. The average molecular weight is 270 g/mol. The summed E-state index contributed by atoms with van der Waals surface area (Å²) >= 11 is 0. The summed E-state index contributed by atoms with van der Waals surface area (Å²) in [5, 5.41) is 5.84. The minimum atomic E-state index is -0.149. The molecule has 0 aliphatic heterocycles. The van der Waals surface area contributed by atoms with Crippen LogP contribution >= 0.6 is 0 Å². The van der Waals surface area contributed by atoms with E-state index in [2.05, 4.69) is 20.6 Å². The Labute approximate surface area is 118 Å². The van der Waals surface area contributed by atoms with Crippen molar-refractivity contribution in [3.63, 3.8) is 0 Å². The topological polar surface area (TPSA) is 66.9 Å². The van der Waals surface area contributed by atoms with E-state index in [4.69, 9.17) is 0 Å². The van der Waals surface area contributed by atoms with Gasteiger partial charge in [0.15, 0.2) is 0 Å². The molecule has 0 saturated carbocycles. The van der Waals surface area contributed by atoms with E-state index in [0.29, 0.717) is 11.4 Å². The first-order valence-electron chi connectivity index (χ1n) is 6.55. The molecule has 20 heavy (non-hydrogen) atoms. The molecule has 2 aromatic rings. The number of anilines is 2. The summed E-state index contributed by atoms with van der Waals surface area (Å²) < 4.78 is 0. The summed E-state index contributed by atoms with van der Waals surface area (Å²) in [6.45, 7) is 3.89.